The fourth-order valence-electron chi connectivity index (χ4n) is 2.88. The average Bonchev–Trinajstić information content (AvgIpc) is 2.77. The number of carbonyl (C=O) groups is 2. The summed E-state index contributed by atoms with van der Waals surface area (Å²) in [6.45, 7) is 0.299. The van der Waals surface area contributed by atoms with Crippen LogP contribution in [0.2, 0.25) is 0 Å². The molecule has 3 aromatic rings. The number of carbonyl (C=O) groups excluding carboxylic acids is 2. The molecule has 0 aliphatic heterocycles. The monoisotopic (exact) mass is 374 g/mol. The van der Waals surface area contributed by atoms with E-state index in [1.165, 1.54) is 0 Å². The van der Waals surface area contributed by atoms with Crippen molar-refractivity contribution in [3.63, 3.8) is 0 Å². The lowest BCUT2D eigenvalue weighted by Gasteiger charge is -2.19. The van der Waals surface area contributed by atoms with Gasteiger partial charge in [0.15, 0.2) is 0 Å². The van der Waals surface area contributed by atoms with Crippen molar-refractivity contribution in [2.24, 2.45) is 0 Å². The Morgan fingerprint density at radius 3 is 2.14 bits per heavy atom. The molecule has 0 saturated heterocycles. The first-order chi connectivity index (χ1) is 13.7. The summed E-state index contributed by atoms with van der Waals surface area (Å²) in [6.07, 6.45) is 0. The van der Waals surface area contributed by atoms with Crippen LogP contribution in [-0.4, -0.2) is 18.9 Å². The Labute approximate surface area is 164 Å². The zero-order valence-electron chi connectivity index (χ0n) is 15.6. The van der Waals surface area contributed by atoms with Crippen molar-refractivity contribution in [2.75, 3.05) is 7.11 Å². The zero-order chi connectivity index (χ0) is 19.8. The number of para-hydroxylation sites is 1. The Hall–Kier alpha value is -3.60. The van der Waals surface area contributed by atoms with E-state index < -0.39 is 6.04 Å². The Morgan fingerprint density at radius 2 is 1.46 bits per heavy atom. The number of nitrogens with one attached hydrogen (secondary N) is 2. The molecular weight excluding hydrogens is 352 g/mol. The van der Waals surface area contributed by atoms with E-state index in [2.05, 4.69) is 10.6 Å². The van der Waals surface area contributed by atoms with Crippen molar-refractivity contribution in [3.05, 3.63) is 102 Å². The van der Waals surface area contributed by atoms with Gasteiger partial charge in [-0.2, -0.15) is 0 Å². The topological polar surface area (TPSA) is 67.4 Å². The maximum Gasteiger partial charge on any atom is 0.252 e. The first-order valence-corrected chi connectivity index (χ1v) is 8.99. The lowest BCUT2D eigenvalue weighted by molar-refractivity contribution is -0.123. The van der Waals surface area contributed by atoms with Gasteiger partial charge in [0.2, 0.25) is 5.91 Å². The van der Waals surface area contributed by atoms with Crippen molar-refractivity contribution in [2.45, 2.75) is 12.6 Å². The zero-order valence-corrected chi connectivity index (χ0v) is 15.6. The maximum atomic E-state index is 12.9. The molecule has 0 fully saturated rings. The second-order valence-corrected chi connectivity index (χ2v) is 6.21. The minimum atomic E-state index is -0.802. The smallest absolute Gasteiger partial charge is 0.252 e. The number of hydrogen-bond acceptors (Lipinski definition) is 3. The summed E-state index contributed by atoms with van der Waals surface area (Å²) in [5.41, 5.74) is 2.07. The van der Waals surface area contributed by atoms with Gasteiger partial charge in [0.25, 0.3) is 5.91 Å². The molecule has 5 nitrogen and oxygen atoms in total. The van der Waals surface area contributed by atoms with Crippen molar-refractivity contribution in [3.8, 4) is 5.75 Å². The van der Waals surface area contributed by atoms with Crippen LogP contribution in [0.1, 0.15) is 27.5 Å². The molecule has 3 rings (SSSR count). The quantitative estimate of drug-likeness (QED) is 0.665. The number of amides is 2. The summed E-state index contributed by atoms with van der Waals surface area (Å²) < 4.78 is 5.32. The Bertz CT molecular complexity index is 927. The van der Waals surface area contributed by atoms with E-state index in [4.69, 9.17) is 4.74 Å². The average molecular weight is 374 g/mol. The first kappa shape index (κ1) is 19.2. The predicted molar refractivity (Wildman–Crippen MR) is 108 cm³/mol. The van der Waals surface area contributed by atoms with Crippen molar-refractivity contribution >= 4 is 11.8 Å². The van der Waals surface area contributed by atoms with Crippen molar-refractivity contribution < 1.29 is 14.3 Å². The van der Waals surface area contributed by atoms with Crippen LogP contribution in [-0.2, 0) is 11.3 Å². The lowest BCUT2D eigenvalue weighted by atomic mass is 10.0. The molecule has 1 atom stereocenters. The molecule has 0 saturated carbocycles. The Balaban J connectivity index is 1.77. The maximum absolute atomic E-state index is 12.9. The second-order valence-electron chi connectivity index (χ2n) is 6.21. The Morgan fingerprint density at radius 1 is 0.857 bits per heavy atom. The molecule has 0 aliphatic rings. The van der Waals surface area contributed by atoms with Crippen LogP contribution < -0.4 is 15.4 Å². The van der Waals surface area contributed by atoms with Gasteiger partial charge in [-0.25, -0.2) is 0 Å². The molecule has 2 amide bonds. The molecular formula is C23H22N2O3. The molecule has 5 heteroatoms. The van der Waals surface area contributed by atoms with Gasteiger partial charge in [0, 0.05) is 17.7 Å². The summed E-state index contributed by atoms with van der Waals surface area (Å²) in [6, 6.07) is 24.7. The number of rotatable bonds is 7. The van der Waals surface area contributed by atoms with Gasteiger partial charge in [-0.1, -0.05) is 66.7 Å². The summed E-state index contributed by atoms with van der Waals surface area (Å²) in [5, 5.41) is 5.73. The fourth-order valence-corrected chi connectivity index (χ4v) is 2.88. The van der Waals surface area contributed by atoms with Gasteiger partial charge in [0.05, 0.1) is 7.11 Å². The van der Waals surface area contributed by atoms with Crippen LogP contribution in [0.15, 0.2) is 84.9 Å². The van der Waals surface area contributed by atoms with E-state index in [-0.39, 0.29) is 11.8 Å². The molecule has 0 aliphatic carbocycles. The first-order valence-electron chi connectivity index (χ1n) is 8.99. The van der Waals surface area contributed by atoms with Crippen LogP contribution in [0.5, 0.6) is 5.75 Å². The predicted octanol–water partition coefficient (Wildman–Crippen LogP) is 3.48. The minimum absolute atomic E-state index is 0.290. The van der Waals surface area contributed by atoms with Gasteiger partial charge in [-0.15, -0.1) is 0 Å². The highest BCUT2D eigenvalue weighted by Gasteiger charge is 2.23. The highest BCUT2D eigenvalue weighted by atomic mass is 16.5. The number of hydrogen-bond donors (Lipinski definition) is 2. The molecule has 0 heterocycles. The van der Waals surface area contributed by atoms with Gasteiger partial charge in [0.1, 0.15) is 11.8 Å². The van der Waals surface area contributed by atoms with E-state index in [0.717, 1.165) is 5.56 Å². The number of benzene rings is 3. The van der Waals surface area contributed by atoms with Crippen LogP contribution in [0.25, 0.3) is 0 Å². The molecule has 0 radical (unpaired) electrons. The largest absolute Gasteiger partial charge is 0.496 e. The van der Waals surface area contributed by atoms with Crippen LogP contribution in [0.4, 0.5) is 0 Å². The standard InChI is InChI=1S/C23H22N2O3/c1-28-20-15-9-8-14-19(20)16-24-23(27)21(17-10-4-2-5-11-17)25-22(26)18-12-6-3-7-13-18/h2-15,21H,16H2,1H3,(H,24,27)(H,25,26)/t21-/m0/s1. The molecule has 0 unspecified atom stereocenters. The van der Waals surface area contributed by atoms with E-state index in [0.29, 0.717) is 23.4 Å². The van der Waals surface area contributed by atoms with Crippen molar-refractivity contribution in [1.29, 1.82) is 0 Å². The van der Waals surface area contributed by atoms with E-state index in [1.54, 1.807) is 31.4 Å². The van der Waals surface area contributed by atoms with Gasteiger partial charge < -0.3 is 15.4 Å². The fraction of sp³-hybridized carbons (Fsp3) is 0.130. The third kappa shape index (κ3) is 4.76. The highest BCUT2D eigenvalue weighted by molar-refractivity contribution is 5.97. The summed E-state index contributed by atoms with van der Waals surface area (Å²) in [4.78, 5) is 25.5. The van der Waals surface area contributed by atoms with Crippen LogP contribution in [0, 0.1) is 0 Å². The van der Waals surface area contributed by atoms with Gasteiger partial charge in [-0.05, 0) is 23.8 Å². The third-order valence-corrected chi connectivity index (χ3v) is 4.35. The molecule has 2 N–H and O–H groups in total. The van der Waals surface area contributed by atoms with Crippen LogP contribution in [0.3, 0.4) is 0 Å². The number of methoxy groups -OCH3 is 1. The molecule has 0 bridgehead atoms. The minimum Gasteiger partial charge on any atom is -0.496 e. The van der Waals surface area contributed by atoms with Crippen LogP contribution >= 0.6 is 0 Å². The van der Waals surface area contributed by atoms with E-state index in [1.807, 2.05) is 60.7 Å². The molecule has 142 valence electrons. The highest BCUT2D eigenvalue weighted by Crippen LogP contribution is 2.18. The Kier molecular flexibility index (Phi) is 6.41. The van der Waals surface area contributed by atoms with Gasteiger partial charge in [-0.3, -0.25) is 9.59 Å². The molecule has 3 aromatic carbocycles. The molecule has 0 spiro atoms. The molecule has 0 aromatic heterocycles. The summed E-state index contributed by atoms with van der Waals surface area (Å²) >= 11 is 0. The normalized spacial score (nSPS) is 11.3. The van der Waals surface area contributed by atoms with E-state index >= 15 is 0 Å². The number of ether oxygens (including phenoxy) is 1. The SMILES string of the molecule is COc1ccccc1CNC(=O)[C@@H](NC(=O)c1ccccc1)c1ccccc1. The third-order valence-electron chi connectivity index (χ3n) is 4.35. The molecule has 28 heavy (non-hydrogen) atoms. The van der Waals surface area contributed by atoms with Crippen molar-refractivity contribution in [1.82, 2.24) is 10.6 Å². The second kappa shape index (κ2) is 9.37. The van der Waals surface area contributed by atoms with E-state index in [9.17, 15) is 9.59 Å². The lowest BCUT2D eigenvalue weighted by Crippen LogP contribution is -2.40. The van der Waals surface area contributed by atoms with Gasteiger partial charge >= 0.3 is 0 Å². The summed E-state index contributed by atoms with van der Waals surface area (Å²) in [7, 11) is 1.59. The summed E-state index contributed by atoms with van der Waals surface area (Å²) in [5.74, 6) is 0.107.